The molecule has 6 heteroatoms. The van der Waals surface area contributed by atoms with E-state index in [9.17, 15) is 9.59 Å². The first kappa shape index (κ1) is 27.3. The number of nitrogens with zero attached hydrogens (tertiary/aromatic N) is 1. The van der Waals surface area contributed by atoms with Crippen molar-refractivity contribution in [3.05, 3.63) is 48.1 Å². The van der Waals surface area contributed by atoms with Crippen molar-refractivity contribution in [2.45, 2.75) is 71.6 Å². The number of likely N-dealkylation sites (tertiary alicyclic amines) is 1. The molecule has 37 heavy (non-hydrogen) atoms. The van der Waals surface area contributed by atoms with Crippen molar-refractivity contribution in [2.75, 3.05) is 26.4 Å². The van der Waals surface area contributed by atoms with E-state index in [1.54, 1.807) is 0 Å². The van der Waals surface area contributed by atoms with Crippen LogP contribution in [0, 0.1) is 23.7 Å². The van der Waals surface area contributed by atoms with E-state index in [2.05, 4.69) is 50.4 Å². The monoisotopic (exact) mass is 508 g/mol. The van der Waals surface area contributed by atoms with Gasteiger partial charge in [-0.05, 0) is 55.7 Å². The number of hydrogen-bond acceptors (Lipinski definition) is 4. The Labute approximate surface area is 222 Å². The number of unbranched alkanes of at least 4 members (excludes halogenated alkanes) is 3. The van der Waals surface area contributed by atoms with Gasteiger partial charge in [0.25, 0.3) is 0 Å². The Balaban J connectivity index is 1.69. The second-order valence-electron chi connectivity index (χ2n) is 11.1. The highest BCUT2D eigenvalue weighted by atomic mass is 16.7. The summed E-state index contributed by atoms with van der Waals surface area (Å²) in [6, 6.07) is 5.95. The predicted octanol–water partition coefficient (Wildman–Crippen LogP) is 5.84. The first-order valence-electron chi connectivity index (χ1n) is 14.3. The molecule has 2 heterocycles. The minimum Gasteiger partial charge on any atom is -0.454 e. The van der Waals surface area contributed by atoms with Crippen LogP contribution >= 0.6 is 0 Å². The van der Waals surface area contributed by atoms with Gasteiger partial charge in [0, 0.05) is 31.5 Å². The van der Waals surface area contributed by atoms with E-state index in [0.29, 0.717) is 18.2 Å². The largest absolute Gasteiger partial charge is 0.454 e. The van der Waals surface area contributed by atoms with Gasteiger partial charge in [-0.25, -0.2) is 0 Å². The molecule has 1 N–H and O–H groups in total. The van der Waals surface area contributed by atoms with Crippen molar-refractivity contribution in [1.82, 2.24) is 10.2 Å². The van der Waals surface area contributed by atoms with Gasteiger partial charge < -0.3 is 19.7 Å². The summed E-state index contributed by atoms with van der Waals surface area (Å²) < 4.78 is 11.2. The van der Waals surface area contributed by atoms with Crippen LogP contribution in [-0.2, 0) is 9.59 Å². The van der Waals surface area contributed by atoms with Crippen molar-refractivity contribution in [3.63, 3.8) is 0 Å². The predicted molar refractivity (Wildman–Crippen MR) is 146 cm³/mol. The Morgan fingerprint density at radius 3 is 2.62 bits per heavy atom. The highest BCUT2D eigenvalue weighted by Crippen LogP contribution is 2.44. The first-order valence-corrected chi connectivity index (χ1v) is 14.3. The number of nitrogens with one attached hydrogen (secondary N) is 1. The van der Waals surface area contributed by atoms with Crippen LogP contribution in [0.5, 0.6) is 11.5 Å². The fourth-order valence-corrected chi connectivity index (χ4v) is 5.73. The van der Waals surface area contributed by atoms with Gasteiger partial charge in [-0.15, -0.1) is 0 Å². The van der Waals surface area contributed by atoms with E-state index in [0.717, 1.165) is 50.1 Å². The lowest BCUT2D eigenvalue weighted by atomic mass is 9.67. The molecule has 1 aromatic carbocycles. The first-order chi connectivity index (χ1) is 18.0. The van der Waals surface area contributed by atoms with E-state index >= 15 is 0 Å². The topological polar surface area (TPSA) is 67.9 Å². The molecule has 4 rings (SSSR count). The van der Waals surface area contributed by atoms with Crippen LogP contribution in [-0.4, -0.2) is 43.1 Å². The third-order valence-corrected chi connectivity index (χ3v) is 7.80. The molecule has 2 amide bonds. The standard InChI is InChI=1S/C31H44N2O4/c1-4-5-6-7-9-12-25-26(31(35)33-17-10-8-11-18-33)15-14-24(29(25)30(34)32-20-22(2)3)23-13-16-27-28(19-23)37-21-36-27/h9,12-16,19,22,24-26,29H,4-8,10-11,17-18,20-21H2,1-3H3,(H,32,34)/b12-9+/t24-,25-,26-,29-/m1/s1. The number of rotatable bonds is 10. The number of carbonyl (C=O) groups excluding carboxylic acids is 2. The molecule has 4 atom stereocenters. The molecular weight excluding hydrogens is 464 g/mol. The molecule has 0 radical (unpaired) electrons. The van der Waals surface area contributed by atoms with Gasteiger partial charge in [0.2, 0.25) is 18.6 Å². The number of carbonyl (C=O) groups is 2. The van der Waals surface area contributed by atoms with Gasteiger partial charge in [-0.1, -0.05) is 64.0 Å². The summed E-state index contributed by atoms with van der Waals surface area (Å²) in [6.45, 7) is 8.86. The normalized spacial score (nSPS) is 25.1. The SMILES string of the molecule is CCCCC/C=C/[C@H]1[C@H](C(=O)NCC(C)C)[C@@H](c2ccc3c(c2)OCO3)C=C[C@H]1C(=O)N1CCCCC1. The third kappa shape index (κ3) is 6.77. The molecule has 2 aliphatic heterocycles. The van der Waals surface area contributed by atoms with E-state index in [1.807, 2.05) is 23.1 Å². The van der Waals surface area contributed by atoms with Crippen LogP contribution < -0.4 is 14.8 Å². The highest BCUT2D eigenvalue weighted by Gasteiger charge is 2.44. The number of fused-ring (bicyclic) bond motifs is 1. The summed E-state index contributed by atoms with van der Waals surface area (Å²) in [5.41, 5.74) is 1.01. The average molecular weight is 509 g/mol. The molecular formula is C31H44N2O4. The number of ether oxygens (including phenoxy) is 2. The van der Waals surface area contributed by atoms with Crippen LogP contribution in [0.2, 0.25) is 0 Å². The zero-order chi connectivity index (χ0) is 26.2. The maximum absolute atomic E-state index is 13.9. The summed E-state index contributed by atoms with van der Waals surface area (Å²) in [5, 5.41) is 3.20. The smallest absolute Gasteiger partial charge is 0.231 e. The van der Waals surface area contributed by atoms with Gasteiger partial charge >= 0.3 is 0 Å². The molecule has 0 aromatic heterocycles. The molecule has 1 aromatic rings. The van der Waals surface area contributed by atoms with Crippen molar-refractivity contribution in [3.8, 4) is 11.5 Å². The molecule has 202 valence electrons. The van der Waals surface area contributed by atoms with Gasteiger partial charge in [-0.3, -0.25) is 9.59 Å². The van der Waals surface area contributed by atoms with Gasteiger partial charge in [-0.2, -0.15) is 0 Å². The maximum atomic E-state index is 13.9. The summed E-state index contributed by atoms with van der Waals surface area (Å²) in [4.78, 5) is 29.7. The van der Waals surface area contributed by atoms with Crippen LogP contribution in [0.15, 0.2) is 42.5 Å². The fraction of sp³-hybridized carbons (Fsp3) is 0.613. The molecule has 3 aliphatic rings. The average Bonchev–Trinajstić information content (AvgIpc) is 3.39. The molecule has 0 bridgehead atoms. The minimum atomic E-state index is -0.384. The van der Waals surface area contributed by atoms with E-state index in [-0.39, 0.29) is 42.3 Å². The highest BCUT2D eigenvalue weighted by molar-refractivity contribution is 5.86. The van der Waals surface area contributed by atoms with Crippen LogP contribution in [0.25, 0.3) is 0 Å². The number of benzene rings is 1. The second kappa shape index (κ2) is 13.2. The van der Waals surface area contributed by atoms with Crippen LogP contribution in [0.3, 0.4) is 0 Å². The lowest BCUT2D eigenvalue weighted by Crippen LogP contribution is -2.48. The molecule has 1 saturated heterocycles. The zero-order valence-corrected chi connectivity index (χ0v) is 22.8. The fourth-order valence-electron chi connectivity index (χ4n) is 5.73. The van der Waals surface area contributed by atoms with Crippen molar-refractivity contribution < 1.29 is 19.1 Å². The Hall–Kier alpha value is -2.76. The quantitative estimate of drug-likeness (QED) is 0.319. The Bertz CT molecular complexity index is 979. The molecule has 0 unspecified atom stereocenters. The number of allylic oxidation sites excluding steroid dienone is 3. The van der Waals surface area contributed by atoms with Crippen LogP contribution in [0.4, 0.5) is 0 Å². The Morgan fingerprint density at radius 2 is 1.86 bits per heavy atom. The minimum absolute atomic E-state index is 0.0142. The van der Waals surface area contributed by atoms with Crippen molar-refractivity contribution in [2.24, 2.45) is 23.7 Å². The van der Waals surface area contributed by atoms with Gasteiger partial charge in [0.1, 0.15) is 0 Å². The van der Waals surface area contributed by atoms with Gasteiger partial charge in [0.05, 0.1) is 11.8 Å². The second-order valence-corrected chi connectivity index (χ2v) is 11.1. The Kier molecular flexibility index (Phi) is 9.70. The summed E-state index contributed by atoms with van der Waals surface area (Å²) >= 11 is 0. The lowest BCUT2D eigenvalue weighted by molar-refractivity contribution is -0.138. The summed E-state index contributed by atoms with van der Waals surface area (Å²) in [6.07, 6.45) is 16.3. The molecule has 1 aliphatic carbocycles. The van der Waals surface area contributed by atoms with Crippen molar-refractivity contribution in [1.29, 1.82) is 0 Å². The van der Waals surface area contributed by atoms with E-state index in [1.165, 1.54) is 19.3 Å². The number of piperidine rings is 1. The van der Waals surface area contributed by atoms with Crippen molar-refractivity contribution >= 4 is 11.8 Å². The van der Waals surface area contributed by atoms with Gasteiger partial charge in [0.15, 0.2) is 11.5 Å². The molecule has 0 spiro atoms. The zero-order valence-electron chi connectivity index (χ0n) is 22.8. The summed E-state index contributed by atoms with van der Waals surface area (Å²) in [5.74, 6) is 0.887. The lowest BCUT2D eigenvalue weighted by Gasteiger charge is -2.40. The van der Waals surface area contributed by atoms with E-state index < -0.39 is 0 Å². The maximum Gasteiger partial charge on any atom is 0.231 e. The van der Waals surface area contributed by atoms with Crippen LogP contribution in [0.1, 0.15) is 77.2 Å². The molecule has 1 fully saturated rings. The summed E-state index contributed by atoms with van der Waals surface area (Å²) in [7, 11) is 0. The number of amides is 2. The number of hydrogen-bond donors (Lipinski definition) is 1. The third-order valence-electron chi connectivity index (χ3n) is 7.80. The van der Waals surface area contributed by atoms with E-state index in [4.69, 9.17) is 9.47 Å². The Morgan fingerprint density at radius 1 is 1.08 bits per heavy atom. The molecule has 6 nitrogen and oxygen atoms in total. The molecule has 0 saturated carbocycles.